The fourth-order valence-corrected chi connectivity index (χ4v) is 0.706. The van der Waals surface area contributed by atoms with Gasteiger partial charge in [0.25, 0.3) is 0 Å². The number of carboxylic acids is 2. The SMILES string of the molecule is C1COCCO1.O=C([O-])CNCC(=O)[O-].[Na+].[Na+]. The third-order valence-corrected chi connectivity index (χ3v) is 1.28. The standard InChI is InChI=1S/C4H7NO4.C4H8O2.2Na/c6-3(7)1-5-2-4(8)9;1-2-6-4-3-5-1;;/h5H,1-2H2,(H,6,7)(H,8,9);1-4H2;;/q;;2*+1/p-2. The van der Waals surface area contributed by atoms with E-state index in [4.69, 9.17) is 9.47 Å². The van der Waals surface area contributed by atoms with Gasteiger partial charge in [-0.15, -0.1) is 0 Å². The number of carbonyl (C=O) groups is 2. The van der Waals surface area contributed by atoms with Crippen LogP contribution in [0, 0.1) is 0 Å². The van der Waals surface area contributed by atoms with Gasteiger partial charge in [0.05, 0.1) is 38.4 Å². The van der Waals surface area contributed by atoms with E-state index in [1.165, 1.54) is 0 Å². The van der Waals surface area contributed by atoms with Gasteiger partial charge in [-0.2, -0.15) is 0 Å². The Labute approximate surface area is 144 Å². The molecule has 1 N–H and O–H groups in total. The van der Waals surface area contributed by atoms with Crippen LogP contribution in [0.4, 0.5) is 0 Å². The van der Waals surface area contributed by atoms with Gasteiger partial charge >= 0.3 is 59.1 Å². The van der Waals surface area contributed by atoms with Crippen LogP contribution in [0.1, 0.15) is 0 Å². The summed E-state index contributed by atoms with van der Waals surface area (Å²) in [6.45, 7) is 2.18. The average Bonchev–Trinajstić information content (AvgIpc) is 2.20. The van der Waals surface area contributed by atoms with Crippen LogP contribution in [-0.2, 0) is 19.1 Å². The van der Waals surface area contributed by atoms with Gasteiger partial charge < -0.3 is 34.6 Å². The van der Waals surface area contributed by atoms with Crippen LogP contribution in [0.25, 0.3) is 0 Å². The summed E-state index contributed by atoms with van der Waals surface area (Å²) in [5.74, 6) is -2.67. The van der Waals surface area contributed by atoms with Crippen LogP contribution in [0.3, 0.4) is 0 Å². The molecule has 88 valence electrons. The second kappa shape index (κ2) is 16.8. The summed E-state index contributed by atoms with van der Waals surface area (Å²) < 4.78 is 9.89. The second-order valence-corrected chi connectivity index (χ2v) is 2.57. The van der Waals surface area contributed by atoms with E-state index in [9.17, 15) is 19.8 Å². The van der Waals surface area contributed by atoms with Crippen molar-refractivity contribution in [2.24, 2.45) is 0 Å². The minimum atomic E-state index is -1.34. The molecule has 0 aliphatic carbocycles. The van der Waals surface area contributed by atoms with Crippen molar-refractivity contribution in [2.45, 2.75) is 0 Å². The summed E-state index contributed by atoms with van der Waals surface area (Å²) in [4.78, 5) is 19.2. The molecule has 1 heterocycles. The van der Waals surface area contributed by atoms with E-state index in [1.807, 2.05) is 0 Å². The maximum atomic E-state index is 9.59. The van der Waals surface area contributed by atoms with Gasteiger partial charge in [0.15, 0.2) is 0 Å². The molecule has 1 aliphatic rings. The van der Waals surface area contributed by atoms with Crippen molar-refractivity contribution in [1.29, 1.82) is 0 Å². The molecule has 0 aromatic heterocycles. The molecular weight excluding hydrogens is 252 g/mol. The van der Waals surface area contributed by atoms with Gasteiger partial charge in [-0.05, 0) is 0 Å². The molecule has 0 amide bonds. The first-order valence-electron chi connectivity index (χ1n) is 4.39. The minimum Gasteiger partial charge on any atom is -0.549 e. The molecule has 0 radical (unpaired) electrons. The van der Waals surface area contributed by atoms with Gasteiger partial charge in [0, 0.05) is 13.1 Å². The Hall–Kier alpha value is 0.820. The Bertz CT molecular complexity index is 175. The molecule has 1 rings (SSSR count). The van der Waals surface area contributed by atoms with Crippen molar-refractivity contribution < 1.29 is 88.4 Å². The van der Waals surface area contributed by atoms with Crippen LogP contribution in [-0.4, -0.2) is 51.5 Å². The van der Waals surface area contributed by atoms with E-state index >= 15 is 0 Å². The molecule has 0 atom stereocenters. The predicted molar refractivity (Wildman–Crippen MR) is 44.5 cm³/mol. The van der Waals surface area contributed by atoms with Crippen LogP contribution >= 0.6 is 0 Å². The van der Waals surface area contributed by atoms with Crippen LogP contribution in [0.5, 0.6) is 0 Å². The number of ether oxygens (including phenoxy) is 2. The molecule has 17 heavy (non-hydrogen) atoms. The number of hydrogen-bond donors (Lipinski definition) is 1. The van der Waals surface area contributed by atoms with E-state index < -0.39 is 25.0 Å². The second-order valence-electron chi connectivity index (χ2n) is 2.57. The minimum absolute atomic E-state index is 0. The van der Waals surface area contributed by atoms with Crippen molar-refractivity contribution in [3.05, 3.63) is 0 Å². The van der Waals surface area contributed by atoms with Crippen molar-refractivity contribution in [3.63, 3.8) is 0 Å². The zero-order valence-electron chi connectivity index (χ0n) is 10.2. The summed E-state index contributed by atoms with van der Waals surface area (Å²) in [6, 6.07) is 0. The largest absolute Gasteiger partial charge is 1.00 e. The molecule has 0 aromatic rings. The van der Waals surface area contributed by atoms with Gasteiger partial charge in [-0.3, -0.25) is 0 Å². The third-order valence-electron chi connectivity index (χ3n) is 1.28. The number of aliphatic carboxylic acids is 2. The van der Waals surface area contributed by atoms with E-state index in [0.717, 1.165) is 26.4 Å². The number of carbonyl (C=O) groups excluding carboxylic acids is 2. The third kappa shape index (κ3) is 22.5. The van der Waals surface area contributed by atoms with E-state index in [-0.39, 0.29) is 59.1 Å². The summed E-state index contributed by atoms with van der Waals surface area (Å²) in [7, 11) is 0. The molecule has 0 bridgehead atoms. The zero-order valence-corrected chi connectivity index (χ0v) is 14.2. The van der Waals surface area contributed by atoms with E-state index in [0.29, 0.717) is 0 Å². The van der Waals surface area contributed by atoms with Crippen LogP contribution in [0.15, 0.2) is 0 Å². The topological polar surface area (TPSA) is 111 Å². The van der Waals surface area contributed by atoms with Gasteiger partial charge in [-0.1, -0.05) is 0 Å². The molecule has 1 fully saturated rings. The fourth-order valence-electron chi connectivity index (χ4n) is 0.706. The molecule has 1 aliphatic heterocycles. The van der Waals surface area contributed by atoms with Gasteiger partial charge in [-0.25, -0.2) is 0 Å². The van der Waals surface area contributed by atoms with E-state index in [1.54, 1.807) is 0 Å². The summed E-state index contributed by atoms with van der Waals surface area (Å²) in [5, 5.41) is 21.2. The maximum absolute atomic E-state index is 9.59. The zero-order chi connectivity index (χ0) is 11.5. The summed E-state index contributed by atoms with van der Waals surface area (Å²) >= 11 is 0. The Kier molecular flexibility index (Phi) is 22.7. The first-order chi connectivity index (χ1) is 7.13. The monoisotopic (exact) mass is 265 g/mol. The van der Waals surface area contributed by atoms with Gasteiger partial charge in [0.1, 0.15) is 0 Å². The first kappa shape index (κ1) is 23.0. The Morgan fingerprint density at radius 2 is 1.18 bits per heavy atom. The molecule has 0 unspecified atom stereocenters. The Morgan fingerprint density at radius 3 is 1.35 bits per heavy atom. The van der Waals surface area contributed by atoms with Crippen molar-refractivity contribution in [2.75, 3.05) is 39.5 Å². The molecule has 1 saturated heterocycles. The number of carboxylic acid groups (broad SMARTS) is 2. The molecule has 0 saturated carbocycles. The summed E-state index contributed by atoms with van der Waals surface area (Å²) in [6.07, 6.45) is 0. The van der Waals surface area contributed by atoms with Gasteiger partial charge in [0.2, 0.25) is 0 Å². The average molecular weight is 265 g/mol. The molecule has 7 nitrogen and oxygen atoms in total. The molecular formula is C8H13NNa2O6. The predicted octanol–water partition coefficient (Wildman–Crippen LogP) is -9.88. The van der Waals surface area contributed by atoms with Crippen LogP contribution in [0.2, 0.25) is 0 Å². The molecule has 0 spiro atoms. The van der Waals surface area contributed by atoms with Crippen LogP contribution < -0.4 is 74.6 Å². The Balaban J connectivity index is -0.000000216. The molecule has 0 aromatic carbocycles. The smallest absolute Gasteiger partial charge is 0.549 e. The number of nitrogens with one attached hydrogen (secondary N) is 1. The Morgan fingerprint density at radius 1 is 0.882 bits per heavy atom. The molecule has 9 heteroatoms. The van der Waals surface area contributed by atoms with Crippen molar-refractivity contribution in [3.8, 4) is 0 Å². The van der Waals surface area contributed by atoms with Crippen molar-refractivity contribution in [1.82, 2.24) is 5.32 Å². The first-order valence-corrected chi connectivity index (χ1v) is 4.39. The quantitative estimate of drug-likeness (QED) is 0.502. The van der Waals surface area contributed by atoms with E-state index in [2.05, 4.69) is 5.32 Å². The number of hydrogen-bond acceptors (Lipinski definition) is 7. The normalized spacial score (nSPS) is 13.2. The number of rotatable bonds is 4. The fraction of sp³-hybridized carbons (Fsp3) is 0.750. The summed E-state index contributed by atoms with van der Waals surface area (Å²) in [5.41, 5.74) is 0. The maximum Gasteiger partial charge on any atom is 1.00 e. The van der Waals surface area contributed by atoms with Crippen molar-refractivity contribution >= 4 is 11.9 Å².